The molecule has 0 amide bonds. The quantitative estimate of drug-likeness (QED) is 0.876. The summed E-state index contributed by atoms with van der Waals surface area (Å²) in [5, 5.41) is 9.77. The molecule has 21 heavy (non-hydrogen) atoms. The first-order valence-electron chi connectivity index (χ1n) is 7.43. The van der Waals surface area contributed by atoms with Crippen LogP contribution in [0.25, 0.3) is 0 Å². The number of carboxylic acids is 1. The standard InChI is InChI=1S/C16H22O4S/c1-2-21(19,20)12-6-11-16(15(17)18)10-5-8-13-7-3-4-9-14(13)16/h3-4,7,9H,2,5-6,8,10-12H2,1H3,(H,17,18). The molecule has 1 aromatic rings. The van der Waals surface area contributed by atoms with Crippen LogP contribution >= 0.6 is 0 Å². The number of hydrogen-bond acceptors (Lipinski definition) is 3. The predicted octanol–water partition coefficient (Wildman–Crippen LogP) is 2.56. The van der Waals surface area contributed by atoms with Gasteiger partial charge in [0.05, 0.1) is 11.2 Å². The molecule has 2 rings (SSSR count). The zero-order valence-corrected chi connectivity index (χ0v) is 13.2. The highest BCUT2D eigenvalue weighted by Gasteiger charge is 2.42. The molecule has 0 saturated heterocycles. The van der Waals surface area contributed by atoms with Crippen molar-refractivity contribution >= 4 is 15.8 Å². The van der Waals surface area contributed by atoms with E-state index in [-0.39, 0.29) is 11.5 Å². The van der Waals surface area contributed by atoms with Gasteiger partial charge < -0.3 is 5.11 Å². The molecule has 1 unspecified atom stereocenters. The fraction of sp³-hybridized carbons (Fsp3) is 0.562. The number of rotatable bonds is 6. The smallest absolute Gasteiger partial charge is 0.314 e. The first-order chi connectivity index (χ1) is 9.91. The largest absolute Gasteiger partial charge is 0.481 e. The number of carbonyl (C=O) groups is 1. The number of aliphatic carboxylic acids is 1. The van der Waals surface area contributed by atoms with E-state index in [1.807, 2.05) is 24.3 Å². The van der Waals surface area contributed by atoms with Crippen LogP contribution in [-0.2, 0) is 26.5 Å². The topological polar surface area (TPSA) is 71.4 Å². The van der Waals surface area contributed by atoms with E-state index in [0.717, 1.165) is 24.0 Å². The van der Waals surface area contributed by atoms with Gasteiger partial charge in [-0.25, -0.2) is 8.42 Å². The number of benzene rings is 1. The predicted molar refractivity (Wildman–Crippen MR) is 82.3 cm³/mol. The lowest BCUT2D eigenvalue weighted by molar-refractivity contribution is -0.144. The number of aryl methyl sites for hydroxylation is 1. The number of carboxylic acid groups (broad SMARTS) is 1. The van der Waals surface area contributed by atoms with Gasteiger partial charge in [0.1, 0.15) is 9.84 Å². The maximum atomic E-state index is 11.9. The van der Waals surface area contributed by atoms with Crippen molar-refractivity contribution in [3.63, 3.8) is 0 Å². The molecule has 1 N–H and O–H groups in total. The lowest BCUT2D eigenvalue weighted by Gasteiger charge is -2.35. The van der Waals surface area contributed by atoms with Crippen molar-refractivity contribution in [2.45, 2.75) is 44.4 Å². The highest BCUT2D eigenvalue weighted by molar-refractivity contribution is 7.91. The molecule has 0 saturated carbocycles. The molecule has 0 heterocycles. The highest BCUT2D eigenvalue weighted by atomic mass is 32.2. The third-order valence-electron chi connectivity index (χ3n) is 4.49. The zero-order valence-electron chi connectivity index (χ0n) is 12.3. The Morgan fingerprint density at radius 2 is 2.05 bits per heavy atom. The number of sulfone groups is 1. The van der Waals surface area contributed by atoms with Gasteiger partial charge in [0.15, 0.2) is 0 Å². The monoisotopic (exact) mass is 310 g/mol. The normalized spacial score (nSPS) is 21.8. The van der Waals surface area contributed by atoms with Crippen LogP contribution in [-0.4, -0.2) is 31.0 Å². The fourth-order valence-electron chi connectivity index (χ4n) is 3.25. The summed E-state index contributed by atoms with van der Waals surface area (Å²) in [5.74, 6) is -0.645. The van der Waals surface area contributed by atoms with Gasteiger partial charge in [-0.05, 0) is 43.2 Å². The molecule has 0 spiro atoms. The van der Waals surface area contributed by atoms with Crippen molar-refractivity contribution in [1.82, 2.24) is 0 Å². The SMILES string of the molecule is CCS(=O)(=O)CCCC1(C(=O)O)CCCc2ccccc21. The number of fused-ring (bicyclic) bond motifs is 1. The number of hydrogen-bond donors (Lipinski definition) is 1. The summed E-state index contributed by atoms with van der Waals surface area (Å²) in [4.78, 5) is 11.9. The lowest BCUT2D eigenvalue weighted by Crippen LogP contribution is -2.39. The van der Waals surface area contributed by atoms with Gasteiger partial charge in [0.25, 0.3) is 0 Å². The first kappa shape index (κ1) is 16.0. The molecule has 0 bridgehead atoms. The maximum absolute atomic E-state index is 11.9. The Kier molecular flexibility index (Phi) is 4.71. The maximum Gasteiger partial charge on any atom is 0.314 e. The van der Waals surface area contributed by atoms with E-state index in [0.29, 0.717) is 19.3 Å². The van der Waals surface area contributed by atoms with Crippen molar-refractivity contribution in [2.24, 2.45) is 0 Å². The summed E-state index contributed by atoms with van der Waals surface area (Å²) < 4.78 is 23.2. The molecular weight excluding hydrogens is 288 g/mol. The molecule has 0 fully saturated rings. The van der Waals surface area contributed by atoms with E-state index < -0.39 is 21.2 Å². The third kappa shape index (κ3) is 3.28. The van der Waals surface area contributed by atoms with Crippen molar-refractivity contribution in [1.29, 1.82) is 0 Å². The minimum Gasteiger partial charge on any atom is -0.481 e. The Morgan fingerprint density at radius 1 is 1.33 bits per heavy atom. The van der Waals surface area contributed by atoms with Gasteiger partial charge in [-0.15, -0.1) is 0 Å². The van der Waals surface area contributed by atoms with Gasteiger partial charge in [-0.1, -0.05) is 31.2 Å². The Labute approximate surface area is 126 Å². The van der Waals surface area contributed by atoms with E-state index in [9.17, 15) is 18.3 Å². The van der Waals surface area contributed by atoms with Crippen molar-refractivity contribution < 1.29 is 18.3 Å². The second kappa shape index (κ2) is 6.18. The summed E-state index contributed by atoms with van der Waals surface area (Å²) in [5.41, 5.74) is 1.04. The molecule has 1 aliphatic carbocycles. The van der Waals surface area contributed by atoms with Gasteiger partial charge in [0.2, 0.25) is 0 Å². The van der Waals surface area contributed by atoms with Gasteiger partial charge in [-0.3, -0.25) is 4.79 Å². The summed E-state index contributed by atoms with van der Waals surface area (Å²) in [7, 11) is -3.04. The lowest BCUT2D eigenvalue weighted by atomic mass is 9.67. The Hall–Kier alpha value is -1.36. The van der Waals surface area contributed by atoms with Crippen LogP contribution < -0.4 is 0 Å². The van der Waals surface area contributed by atoms with Crippen LogP contribution in [0.2, 0.25) is 0 Å². The molecule has 1 aliphatic rings. The molecule has 0 aliphatic heterocycles. The van der Waals surface area contributed by atoms with E-state index >= 15 is 0 Å². The zero-order chi connectivity index (χ0) is 15.5. The average Bonchev–Trinajstić information content (AvgIpc) is 2.47. The Balaban J connectivity index is 2.25. The van der Waals surface area contributed by atoms with Crippen LogP contribution in [0.1, 0.15) is 43.7 Å². The van der Waals surface area contributed by atoms with E-state index in [2.05, 4.69) is 0 Å². The Bertz CT molecular complexity index is 621. The molecule has 0 radical (unpaired) electrons. The van der Waals surface area contributed by atoms with E-state index in [4.69, 9.17) is 0 Å². The first-order valence-corrected chi connectivity index (χ1v) is 9.25. The summed E-state index contributed by atoms with van der Waals surface area (Å²) in [6, 6.07) is 7.66. The van der Waals surface area contributed by atoms with E-state index in [1.54, 1.807) is 6.92 Å². The van der Waals surface area contributed by atoms with E-state index in [1.165, 1.54) is 0 Å². The molecule has 1 atom stereocenters. The third-order valence-corrected chi connectivity index (χ3v) is 6.28. The van der Waals surface area contributed by atoms with Crippen LogP contribution in [0.5, 0.6) is 0 Å². The second-order valence-electron chi connectivity index (χ2n) is 5.74. The highest BCUT2D eigenvalue weighted by Crippen LogP contribution is 2.41. The molecule has 116 valence electrons. The van der Waals surface area contributed by atoms with Crippen LogP contribution in [0.4, 0.5) is 0 Å². The minimum atomic E-state index is -3.04. The minimum absolute atomic E-state index is 0.0701. The van der Waals surface area contributed by atoms with Crippen LogP contribution in [0.15, 0.2) is 24.3 Å². The molecule has 5 heteroatoms. The second-order valence-corrected chi connectivity index (χ2v) is 8.21. The van der Waals surface area contributed by atoms with Gasteiger partial charge in [-0.2, -0.15) is 0 Å². The Morgan fingerprint density at radius 3 is 2.71 bits per heavy atom. The fourth-order valence-corrected chi connectivity index (χ4v) is 4.12. The summed E-state index contributed by atoms with van der Waals surface area (Å²) >= 11 is 0. The van der Waals surface area contributed by atoms with Crippen LogP contribution in [0, 0.1) is 0 Å². The summed E-state index contributed by atoms with van der Waals surface area (Å²) in [6.45, 7) is 1.62. The summed E-state index contributed by atoms with van der Waals surface area (Å²) in [6.07, 6.45) is 3.11. The van der Waals surface area contributed by atoms with Gasteiger partial charge in [0, 0.05) is 5.75 Å². The van der Waals surface area contributed by atoms with Crippen molar-refractivity contribution in [3.8, 4) is 0 Å². The van der Waals surface area contributed by atoms with Crippen LogP contribution in [0.3, 0.4) is 0 Å². The molecule has 0 aromatic heterocycles. The molecule has 1 aromatic carbocycles. The van der Waals surface area contributed by atoms with Crippen molar-refractivity contribution in [2.75, 3.05) is 11.5 Å². The van der Waals surface area contributed by atoms with Crippen molar-refractivity contribution in [3.05, 3.63) is 35.4 Å². The van der Waals surface area contributed by atoms with Gasteiger partial charge >= 0.3 is 5.97 Å². The molecular formula is C16H22O4S. The average molecular weight is 310 g/mol. The molecule has 4 nitrogen and oxygen atoms in total.